The van der Waals surface area contributed by atoms with E-state index in [0.29, 0.717) is 17.2 Å². The number of aryl methyl sites for hydroxylation is 1. The van der Waals surface area contributed by atoms with E-state index in [9.17, 15) is 4.39 Å². The van der Waals surface area contributed by atoms with Crippen molar-refractivity contribution in [2.45, 2.75) is 6.92 Å². The number of rotatable bonds is 2. The summed E-state index contributed by atoms with van der Waals surface area (Å²) in [4.78, 5) is 4.23. The maximum absolute atomic E-state index is 13.2. The third kappa shape index (κ3) is 2.28. The number of fused-ring (bicyclic) bond motifs is 1. The van der Waals surface area contributed by atoms with Crippen LogP contribution in [0.1, 0.15) is 5.69 Å². The van der Waals surface area contributed by atoms with E-state index in [1.54, 1.807) is 30.5 Å². The molecule has 3 aromatic rings. The Morgan fingerprint density at radius 3 is 2.75 bits per heavy atom. The van der Waals surface area contributed by atoms with Gasteiger partial charge in [0.15, 0.2) is 0 Å². The number of benzene rings is 2. The second-order valence-corrected chi connectivity index (χ2v) is 4.58. The summed E-state index contributed by atoms with van der Waals surface area (Å²) in [6.45, 7) is 1.90. The number of nitrogens with zero attached hydrogens (tertiary/aromatic N) is 1. The Morgan fingerprint density at radius 2 is 1.95 bits per heavy atom. The molecule has 20 heavy (non-hydrogen) atoms. The number of nitrogens with two attached hydrogens (primary N) is 1. The van der Waals surface area contributed by atoms with Crippen molar-refractivity contribution in [3.8, 4) is 11.5 Å². The molecule has 4 heteroatoms. The van der Waals surface area contributed by atoms with Crippen molar-refractivity contribution in [3.05, 3.63) is 60.2 Å². The Kier molecular flexibility index (Phi) is 2.99. The molecule has 0 saturated carbocycles. The zero-order chi connectivity index (χ0) is 14.1. The van der Waals surface area contributed by atoms with Crippen LogP contribution in [0.5, 0.6) is 11.5 Å². The fraction of sp³-hybridized carbons (Fsp3) is 0.0625. The SMILES string of the molecule is Cc1cc2c(Oc3cccc(F)c3)ccc(N)c2cn1. The van der Waals surface area contributed by atoms with Gasteiger partial charge in [-0.1, -0.05) is 6.07 Å². The first-order valence-electron chi connectivity index (χ1n) is 6.22. The number of hydrogen-bond donors (Lipinski definition) is 1. The summed E-state index contributed by atoms with van der Waals surface area (Å²) in [5.41, 5.74) is 7.44. The lowest BCUT2D eigenvalue weighted by Gasteiger charge is -2.11. The van der Waals surface area contributed by atoms with Crippen LogP contribution >= 0.6 is 0 Å². The van der Waals surface area contributed by atoms with E-state index < -0.39 is 0 Å². The fourth-order valence-corrected chi connectivity index (χ4v) is 2.09. The normalized spacial score (nSPS) is 10.7. The summed E-state index contributed by atoms with van der Waals surface area (Å²) < 4.78 is 19.0. The predicted molar refractivity (Wildman–Crippen MR) is 77.4 cm³/mol. The molecule has 2 aromatic carbocycles. The molecular weight excluding hydrogens is 255 g/mol. The zero-order valence-corrected chi connectivity index (χ0v) is 10.9. The molecule has 0 radical (unpaired) electrons. The highest BCUT2D eigenvalue weighted by Gasteiger charge is 2.07. The monoisotopic (exact) mass is 268 g/mol. The Balaban J connectivity index is 2.12. The minimum Gasteiger partial charge on any atom is -0.457 e. The van der Waals surface area contributed by atoms with Crippen molar-refractivity contribution in [1.29, 1.82) is 0 Å². The quantitative estimate of drug-likeness (QED) is 0.713. The van der Waals surface area contributed by atoms with Gasteiger partial charge in [0.25, 0.3) is 0 Å². The zero-order valence-electron chi connectivity index (χ0n) is 10.9. The Morgan fingerprint density at radius 1 is 1.10 bits per heavy atom. The van der Waals surface area contributed by atoms with E-state index in [-0.39, 0.29) is 5.82 Å². The number of ether oxygens (including phenoxy) is 1. The Hall–Kier alpha value is -2.62. The molecule has 0 unspecified atom stereocenters. The van der Waals surface area contributed by atoms with Crippen LogP contribution in [0.25, 0.3) is 10.8 Å². The van der Waals surface area contributed by atoms with Crippen LogP contribution in [-0.2, 0) is 0 Å². The number of halogens is 1. The van der Waals surface area contributed by atoms with Crippen LogP contribution in [-0.4, -0.2) is 4.98 Å². The fourth-order valence-electron chi connectivity index (χ4n) is 2.09. The molecule has 0 spiro atoms. The van der Waals surface area contributed by atoms with Gasteiger partial charge in [-0.05, 0) is 37.3 Å². The molecule has 0 amide bonds. The van der Waals surface area contributed by atoms with Gasteiger partial charge in [0, 0.05) is 34.4 Å². The van der Waals surface area contributed by atoms with Crippen LogP contribution < -0.4 is 10.5 Å². The van der Waals surface area contributed by atoms with E-state index >= 15 is 0 Å². The van der Waals surface area contributed by atoms with E-state index in [1.165, 1.54) is 12.1 Å². The molecule has 0 aliphatic carbocycles. The van der Waals surface area contributed by atoms with Gasteiger partial charge in [-0.25, -0.2) is 4.39 Å². The summed E-state index contributed by atoms with van der Waals surface area (Å²) in [5, 5.41) is 1.69. The van der Waals surface area contributed by atoms with E-state index in [1.807, 2.05) is 13.0 Å². The Labute approximate surface area is 115 Å². The summed E-state index contributed by atoms with van der Waals surface area (Å²) in [7, 11) is 0. The van der Waals surface area contributed by atoms with Crippen molar-refractivity contribution in [2.75, 3.05) is 5.73 Å². The first-order valence-corrected chi connectivity index (χ1v) is 6.22. The van der Waals surface area contributed by atoms with Gasteiger partial charge < -0.3 is 10.5 Å². The summed E-state index contributed by atoms with van der Waals surface area (Å²) in [5.74, 6) is 0.746. The van der Waals surface area contributed by atoms with Crippen molar-refractivity contribution >= 4 is 16.5 Å². The van der Waals surface area contributed by atoms with E-state index in [2.05, 4.69) is 4.98 Å². The number of aromatic nitrogens is 1. The lowest BCUT2D eigenvalue weighted by atomic mass is 10.1. The molecule has 0 aliphatic heterocycles. The summed E-state index contributed by atoms with van der Waals surface area (Å²) in [6.07, 6.45) is 1.72. The summed E-state index contributed by atoms with van der Waals surface area (Å²) >= 11 is 0. The minimum absolute atomic E-state index is 0.333. The molecule has 0 atom stereocenters. The number of hydrogen-bond acceptors (Lipinski definition) is 3. The molecule has 100 valence electrons. The number of anilines is 1. The van der Waals surface area contributed by atoms with Gasteiger partial charge in [0.2, 0.25) is 0 Å². The van der Waals surface area contributed by atoms with Gasteiger partial charge in [0.1, 0.15) is 17.3 Å². The third-order valence-electron chi connectivity index (χ3n) is 3.06. The highest BCUT2D eigenvalue weighted by Crippen LogP contribution is 2.33. The van der Waals surface area contributed by atoms with Crippen molar-refractivity contribution < 1.29 is 9.13 Å². The Bertz CT molecular complexity index is 787. The van der Waals surface area contributed by atoms with Gasteiger partial charge in [-0.15, -0.1) is 0 Å². The molecule has 0 bridgehead atoms. The van der Waals surface area contributed by atoms with Gasteiger partial charge >= 0.3 is 0 Å². The van der Waals surface area contributed by atoms with Crippen LogP contribution in [0.15, 0.2) is 48.7 Å². The first-order chi connectivity index (χ1) is 9.63. The molecular formula is C16H13FN2O. The van der Waals surface area contributed by atoms with Crippen molar-refractivity contribution in [1.82, 2.24) is 4.98 Å². The van der Waals surface area contributed by atoms with E-state index in [0.717, 1.165) is 16.5 Å². The number of nitrogen functional groups attached to an aromatic ring is 1. The average Bonchev–Trinajstić information content (AvgIpc) is 2.42. The molecule has 0 aliphatic rings. The maximum Gasteiger partial charge on any atom is 0.135 e. The largest absolute Gasteiger partial charge is 0.457 e. The number of pyridine rings is 1. The summed E-state index contributed by atoms with van der Waals surface area (Å²) in [6, 6.07) is 11.5. The highest BCUT2D eigenvalue weighted by atomic mass is 19.1. The topological polar surface area (TPSA) is 48.1 Å². The average molecular weight is 268 g/mol. The maximum atomic E-state index is 13.2. The molecule has 1 heterocycles. The van der Waals surface area contributed by atoms with Crippen molar-refractivity contribution in [3.63, 3.8) is 0 Å². The lowest BCUT2D eigenvalue weighted by Crippen LogP contribution is -1.93. The molecule has 0 fully saturated rings. The standard InChI is InChI=1S/C16H13FN2O/c1-10-7-13-14(9-19-10)15(18)5-6-16(13)20-12-4-2-3-11(17)8-12/h2-9H,18H2,1H3. The lowest BCUT2D eigenvalue weighted by molar-refractivity contribution is 0.482. The third-order valence-corrected chi connectivity index (χ3v) is 3.06. The van der Waals surface area contributed by atoms with Crippen LogP contribution in [0, 0.1) is 12.7 Å². The first kappa shape index (κ1) is 12.4. The van der Waals surface area contributed by atoms with E-state index in [4.69, 9.17) is 10.5 Å². The van der Waals surface area contributed by atoms with Gasteiger partial charge in [-0.2, -0.15) is 0 Å². The highest BCUT2D eigenvalue weighted by molar-refractivity contribution is 5.96. The van der Waals surface area contributed by atoms with Gasteiger partial charge in [-0.3, -0.25) is 4.98 Å². The minimum atomic E-state index is -0.333. The smallest absolute Gasteiger partial charge is 0.135 e. The second kappa shape index (κ2) is 4.81. The molecule has 3 rings (SSSR count). The van der Waals surface area contributed by atoms with Crippen molar-refractivity contribution in [2.24, 2.45) is 0 Å². The molecule has 3 nitrogen and oxygen atoms in total. The molecule has 1 aromatic heterocycles. The predicted octanol–water partition coefficient (Wildman–Crippen LogP) is 4.06. The second-order valence-electron chi connectivity index (χ2n) is 4.58. The van der Waals surface area contributed by atoms with Crippen LogP contribution in [0.2, 0.25) is 0 Å². The molecule has 2 N–H and O–H groups in total. The van der Waals surface area contributed by atoms with Crippen LogP contribution in [0.4, 0.5) is 10.1 Å². The van der Waals surface area contributed by atoms with Gasteiger partial charge in [0.05, 0.1) is 0 Å². The molecule has 0 saturated heterocycles. The van der Waals surface area contributed by atoms with Crippen LogP contribution in [0.3, 0.4) is 0 Å².